The van der Waals surface area contributed by atoms with E-state index >= 15 is 0 Å². The van der Waals surface area contributed by atoms with E-state index in [0.29, 0.717) is 22.8 Å². The zero-order chi connectivity index (χ0) is 19.7. The molecule has 0 unspecified atom stereocenters. The van der Waals surface area contributed by atoms with Crippen LogP contribution in [0.5, 0.6) is 0 Å². The average molecular weight is 367 g/mol. The van der Waals surface area contributed by atoms with Crippen LogP contribution in [0.4, 0.5) is 5.69 Å². The molecule has 0 atom stereocenters. The van der Waals surface area contributed by atoms with Crippen LogP contribution in [-0.2, 0) is 7.05 Å². The minimum absolute atomic E-state index is 0.138. The van der Waals surface area contributed by atoms with Gasteiger partial charge in [-0.05, 0) is 37.1 Å². The molecule has 3 rings (SSSR count). The van der Waals surface area contributed by atoms with Gasteiger partial charge in [0.15, 0.2) is 5.69 Å². The van der Waals surface area contributed by atoms with Gasteiger partial charge in [0, 0.05) is 18.4 Å². The number of carboxylic acids is 1. The summed E-state index contributed by atoms with van der Waals surface area (Å²) >= 11 is 0. The lowest BCUT2D eigenvalue weighted by atomic mass is 10.1. The van der Waals surface area contributed by atoms with E-state index in [0.717, 1.165) is 5.69 Å². The molecule has 0 fully saturated rings. The van der Waals surface area contributed by atoms with Gasteiger partial charge in [0.1, 0.15) is 5.56 Å². The molecule has 2 N–H and O–H groups in total. The highest BCUT2D eigenvalue weighted by molar-refractivity contribution is 6.03. The molecule has 2 heterocycles. The average Bonchev–Trinajstić information content (AvgIpc) is 3.18. The Balaban J connectivity index is 1.85. The van der Waals surface area contributed by atoms with Gasteiger partial charge in [0.05, 0.1) is 17.6 Å². The zero-order valence-corrected chi connectivity index (χ0v) is 15.6. The van der Waals surface area contributed by atoms with E-state index in [-0.39, 0.29) is 17.4 Å². The second-order valence-electron chi connectivity index (χ2n) is 6.60. The van der Waals surface area contributed by atoms with Crippen molar-refractivity contribution in [3.63, 3.8) is 0 Å². The van der Waals surface area contributed by atoms with E-state index < -0.39 is 5.97 Å². The lowest BCUT2D eigenvalue weighted by molar-refractivity contribution is 0.0696. The van der Waals surface area contributed by atoms with E-state index in [4.69, 9.17) is 5.11 Å². The summed E-state index contributed by atoms with van der Waals surface area (Å²) in [6, 6.07) is 8.82. The van der Waals surface area contributed by atoms with Crippen LogP contribution < -0.4 is 5.32 Å². The van der Waals surface area contributed by atoms with Crippen molar-refractivity contribution >= 4 is 17.6 Å². The van der Waals surface area contributed by atoms with Gasteiger partial charge >= 0.3 is 5.97 Å². The standard InChI is InChI=1S/C19H21N5O3/c1-11(2)17-9-16(22-23(17)4)18(25)21-13-6-5-7-14(8-13)24-12(3)15(10-20-24)19(26)27/h5-11H,1-4H3,(H,21,25)(H,26,27). The summed E-state index contributed by atoms with van der Waals surface area (Å²) in [6.07, 6.45) is 1.31. The number of nitrogens with zero attached hydrogens (tertiary/aromatic N) is 4. The summed E-state index contributed by atoms with van der Waals surface area (Å²) < 4.78 is 3.23. The topological polar surface area (TPSA) is 102 Å². The highest BCUT2D eigenvalue weighted by atomic mass is 16.4. The molecule has 0 aliphatic carbocycles. The molecule has 0 saturated carbocycles. The minimum Gasteiger partial charge on any atom is -0.478 e. The van der Waals surface area contributed by atoms with Crippen LogP contribution in [0.15, 0.2) is 36.5 Å². The summed E-state index contributed by atoms with van der Waals surface area (Å²) in [5.74, 6) is -1.07. The molecule has 3 aromatic rings. The third-order valence-corrected chi connectivity index (χ3v) is 4.33. The molecule has 2 aromatic heterocycles. The maximum Gasteiger partial charge on any atom is 0.339 e. The summed E-state index contributed by atoms with van der Waals surface area (Å²) in [7, 11) is 1.81. The van der Waals surface area contributed by atoms with Gasteiger partial charge in [-0.1, -0.05) is 19.9 Å². The molecule has 8 heteroatoms. The first kappa shape index (κ1) is 18.4. The van der Waals surface area contributed by atoms with E-state index in [1.165, 1.54) is 10.9 Å². The van der Waals surface area contributed by atoms with Crippen molar-refractivity contribution < 1.29 is 14.7 Å². The summed E-state index contributed by atoms with van der Waals surface area (Å²) in [5, 5.41) is 20.4. The predicted molar refractivity (Wildman–Crippen MR) is 101 cm³/mol. The maximum absolute atomic E-state index is 12.5. The Morgan fingerprint density at radius 3 is 2.56 bits per heavy atom. The minimum atomic E-state index is -1.03. The van der Waals surface area contributed by atoms with Crippen LogP contribution in [0.1, 0.15) is 52.0 Å². The highest BCUT2D eigenvalue weighted by Crippen LogP contribution is 2.20. The molecule has 0 aliphatic rings. The van der Waals surface area contributed by atoms with Crippen LogP contribution in [0.25, 0.3) is 5.69 Å². The molecule has 0 bridgehead atoms. The Morgan fingerprint density at radius 2 is 1.96 bits per heavy atom. The Morgan fingerprint density at radius 1 is 1.22 bits per heavy atom. The fraction of sp³-hybridized carbons (Fsp3) is 0.263. The maximum atomic E-state index is 12.5. The van der Waals surface area contributed by atoms with Crippen molar-refractivity contribution in [2.75, 3.05) is 5.32 Å². The molecular formula is C19H21N5O3. The van der Waals surface area contributed by atoms with Gasteiger partial charge in [-0.3, -0.25) is 9.48 Å². The lowest BCUT2D eigenvalue weighted by Gasteiger charge is -2.08. The number of benzene rings is 1. The number of anilines is 1. The number of carbonyl (C=O) groups excluding carboxylic acids is 1. The number of aromatic carboxylic acids is 1. The van der Waals surface area contributed by atoms with Gasteiger partial charge in [0.2, 0.25) is 0 Å². The third-order valence-electron chi connectivity index (χ3n) is 4.33. The van der Waals surface area contributed by atoms with E-state index in [2.05, 4.69) is 15.5 Å². The number of nitrogens with one attached hydrogen (secondary N) is 1. The number of hydrogen-bond acceptors (Lipinski definition) is 4. The van der Waals surface area contributed by atoms with Gasteiger partial charge < -0.3 is 10.4 Å². The number of rotatable bonds is 5. The van der Waals surface area contributed by atoms with Gasteiger partial charge in [-0.15, -0.1) is 0 Å². The van der Waals surface area contributed by atoms with Gasteiger partial charge in [0.25, 0.3) is 5.91 Å². The number of carbonyl (C=O) groups is 2. The molecule has 1 amide bonds. The number of hydrogen-bond donors (Lipinski definition) is 2. The molecule has 0 spiro atoms. The summed E-state index contributed by atoms with van der Waals surface area (Å²) in [6.45, 7) is 5.77. The normalized spacial score (nSPS) is 11.0. The Hall–Kier alpha value is -3.42. The molecule has 27 heavy (non-hydrogen) atoms. The largest absolute Gasteiger partial charge is 0.478 e. The Labute approximate surface area is 156 Å². The van der Waals surface area contributed by atoms with Crippen molar-refractivity contribution in [2.45, 2.75) is 26.7 Å². The number of aryl methyl sites for hydroxylation is 1. The first-order valence-corrected chi connectivity index (χ1v) is 8.51. The first-order chi connectivity index (χ1) is 12.8. The van der Waals surface area contributed by atoms with E-state index in [1.807, 2.05) is 20.9 Å². The molecule has 1 aromatic carbocycles. The molecular weight excluding hydrogens is 346 g/mol. The molecule has 0 radical (unpaired) electrons. The van der Waals surface area contributed by atoms with Crippen LogP contribution in [0, 0.1) is 6.92 Å². The SMILES string of the molecule is Cc1c(C(=O)O)cnn1-c1cccc(NC(=O)c2cc(C(C)C)n(C)n2)c1. The zero-order valence-electron chi connectivity index (χ0n) is 15.6. The lowest BCUT2D eigenvalue weighted by Crippen LogP contribution is -2.13. The Kier molecular flexibility index (Phi) is 4.81. The summed E-state index contributed by atoms with van der Waals surface area (Å²) in [4.78, 5) is 23.7. The molecule has 8 nitrogen and oxygen atoms in total. The molecule has 0 aliphatic heterocycles. The van der Waals surface area contributed by atoms with Gasteiger partial charge in [-0.25, -0.2) is 9.48 Å². The second-order valence-corrected chi connectivity index (χ2v) is 6.60. The van der Waals surface area contributed by atoms with Crippen LogP contribution in [-0.4, -0.2) is 36.5 Å². The number of amides is 1. The molecule has 0 saturated heterocycles. The van der Waals surface area contributed by atoms with Crippen molar-refractivity contribution in [3.8, 4) is 5.69 Å². The van der Waals surface area contributed by atoms with Crippen molar-refractivity contribution in [2.24, 2.45) is 7.05 Å². The number of aromatic nitrogens is 4. The van der Waals surface area contributed by atoms with Gasteiger partial charge in [-0.2, -0.15) is 10.2 Å². The monoisotopic (exact) mass is 367 g/mol. The quantitative estimate of drug-likeness (QED) is 0.722. The van der Waals surface area contributed by atoms with E-state index in [9.17, 15) is 9.59 Å². The van der Waals surface area contributed by atoms with Crippen molar-refractivity contribution in [1.82, 2.24) is 19.6 Å². The third kappa shape index (κ3) is 3.59. The first-order valence-electron chi connectivity index (χ1n) is 8.51. The van der Waals surface area contributed by atoms with Crippen molar-refractivity contribution in [1.29, 1.82) is 0 Å². The number of carboxylic acid groups (broad SMARTS) is 1. The second kappa shape index (κ2) is 7.06. The fourth-order valence-corrected chi connectivity index (χ4v) is 2.92. The Bertz CT molecular complexity index is 1020. The predicted octanol–water partition coefficient (Wildman–Crippen LogP) is 2.99. The fourth-order valence-electron chi connectivity index (χ4n) is 2.92. The highest BCUT2D eigenvalue weighted by Gasteiger charge is 2.16. The van der Waals surface area contributed by atoms with Crippen LogP contribution in [0.3, 0.4) is 0 Å². The van der Waals surface area contributed by atoms with E-state index in [1.54, 1.807) is 41.9 Å². The van der Waals surface area contributed by atoms with Crippen LogP contribution >= 0.6 is 0 Å². The molecule has 140 valence electrons. The smallest absolute Gasteiger partial charge is 0.339 e. The summed E-state index contributed by atoms with van der Waals surface area (Å²) in [5.41, 5.74) is 3.19. The van der Waals surface area contributed by atoms with Crippen LogP contribution in [0.2, 0.25) is 0 Å². The van der Waals surface area contributed by atoms with Crippen molar-refractivity contribution in [3.05, 3.63) is 59.2 Å².